The van der Waals surface area contributed by atoms with Gasteiger partial charge in [0, 0.05) is 12.1 Å². The Morgan fingerprint density at radius 1 is 1.45 bits per heavy atom. The van der Waals surface area contributed by atoms with Gasteiger partial charge in [0.05, 0.1) is 10.5 Å². The summed E-state index contributed by atoms with van der Waals surface area (Å²) in [7, 11) is 0. The molecule has 0 saturated heterocycles. The number of carbonyl (C=O) groups is 2. The van der Waals surface area contributed by atoms with Crippen LogP contribution in [0.5, 0.6) is 5.75 Å². The first kappa shape index (κ1) is 13.8. The second kappa shape index (κ2) is 5.55. The van der Waals surface area contributed by atoms with Gasteiger partial charge in [-0.05, 0) is 25.0 Å². The molecule has 20 heavy (non-hydrogen) atoms. The maximum Gasteiger partial charge on any atom is 0.335 e. The molecular weight excluding hydrogens is 268 g/mol. The van der Waals surface area contributed by atoms with Gasteiger partial charge in [-0.3, -0.25) is 14.9 Å². The predicted molar refractivity (Wildman–Crippen MR) is 66.7 cm³/mol. The number of aromatic carboxylic acids is 1. The summed E-state index contributed by atoms with van der Waals surface area (Å²) in [6.07, 6.45) is 1.86. The Labute approximate surface area is 113 Å². The lowest BCUT2D eigenvalue weighted by molar-refractivity contribution is -0.385. The van der Waals surface area contributed by atoms with Crippen molar-refractivity contribution in [1.29, 1.82) is 0 Å². The lowest BCUT2D eigenvalue weighted by atomic mass is 10.2. The standard InChI is InChI=1S/C12H12N2O6/c15-11(13-8-2-3-8)6-20-10-4-1-7(12(16)17)5-9(10)14(18)19/h1,4-5,8H,2-3,6H2,(H,13,15)(H,16,17). The van der Waals surface area contributed by atoms with E-state index in [4.69, 9.17) is 9.84 Å². The van der Waals surface area contributed by atoms with Gasteiger partial charge in [-0.25, -0.2) is 4.79 Å². The molecule has 0 bridgehead atoms. The summed E-state index contributed by atoms with van der Waals surface area (Å²) in [6.45, 7) is -0.343. The smallest absolute Gasteiger partial charge is 0.335 e. The van der Waals surface area contributed by atoms with Crippen LogP contribution in [0, 0.1) is 10.1 Å². The molecule has 0 heterocycles. The molecule has 2 rings (SSSR count). The average Bonchev–Trinajstić information content (AvgIpc) is 3.19. The molecule has 2 N–H and O–H groups in total. The Balaban J connectivity index is 2.07. The highest BCUT2D eigenvalue weighted by Crippen LogP contribution is 2.28. The highest BCUT2D eigenvalue weighted by atomic mass is 16.6. The summed E-state index contributed by atoms with van der Waals surface area (Å²) in [5.41, 5.74) is -0.699. The molecule has 0 spiro atoms. The van der Waals surface area contributed by atoms with E-state index in [2.05, 4.69) is 5.32 Å². The summed E-state index contributed by atoms with van der Waals surface area (Å²) >= 11 is 0. The van der Waals surface area contributed by atoms with Crippen molar-refractivity contribution >= 4 is 17.6 Å². The number of nitrogens with zero attached hydrogens (tertiary/aromatic N) is 1. The Morgan fingerprint density at radius 3 is 2.70 bits per heavy atom. The van der Waals surface area contributed by atoms with Crippen LogP contribution < -0.4 is 10.1 Å². The Morgan fingerprint density at radius 2 is 2.15 bits per heavy atom. The minimum atomic E-state index is -1.27. The molecule has 8 heteroatoms. The van der Waals surface area contributed by atoms with Crippen molar-refractivity contribution in [3.63, 3.8) is 0 Å². The maximum absolute atomic E-state index is 11.4. The van der Waals surface area contributed by atoms with Gasteiger partial charge >= 0.3 is 11.7 Å². The van der Waals surface area contributed by atoms with Gasteiger partial charge in [-0.1, -0.05) is 0 Å². The quantitative estimate of drug-likeness (QED) is 0.591. The average molecular weight is 280 g/mol. The molecule has 1 aliphatic carbocycles. The van der Waals surface area contributed by atoms with Crippen LogP contribution in [0.2, 0.25) is 0 Å². The molecule has 1 aromatic carbocycles. The van der Waals surface area contributed by atoms with Gasteiger partial charge in [-0.2, -0.15) is 0 Å². The zero-order chi connectivity index (χ0) is 14.7. The second-order valence-corrected chi connectivity index (χ2v) is 4.38. The number of carboxylic acid groups (broad SMARTS) is 1. The number of nitrogens with one attached hydrogen (secondary N) is 1. The van der Waals surface area contributed by atoms with Crippen LogP contribution in [-0.2, 0) is 4.79 Å². The first-order valence-corrected chi connectivity index (χ1v) is 5.91. The van der Waals surface area contributed by atoms with Gasteiger partial charge in [0.2, 0.25) is 0 Å². The third kappa shape index (κ3) is 3.44. The minimum Gasteiger partial charge on any atom is -0.478 e. The SMILES string of the molecule is O=C(COc1ccc(C(=O)O)cc1[N+](=O)[O-])NC1CC1. The van der Waals surface area contributed by atoms with Crippen molar-refractivity contribution in [3.8, 4) is 5.75 Å². The third-order valence-electron chi connectivity index (χ3n) is 2.70. The van der Waals surface area contributed by atoms with Crippen molar-refractivity contribution < 1.29 is 24.4 Å². The van der Waals surface area contributed by atoms with Crippen LogP contribution in [0.25, 0.3) is 0 Å². The summed E-state index contributed by atoms with van der Waals surface area (Å²) in [5, 5.41) is 22.3. The first-order valence-electron chi connectivity index (χ1n) is 5.91. The van der Waals surface area contributed by atoms with Crippen LogP contribution in [-0.4, -0.2) is 34.6 Å². The van der Waals surface area contributed by atoms with E-state index in [9.17, 15) is 19.7 Å². The molecule has 1 aliphatic rings. The summed E-state index contributed by atoms with van der Waals surface area (Å²) in [6, 6.07) is 3.43. The maximum atomic E-state index is 11.4. The van der Waals surface area contributed by atoms with Gasteiger partial charge in [0.25, 0.3) is 5.91 Å². The lowest BCUT2D eigenvalue weighted by Gasteiger charge is -2.07. The summed E-state index contributed by atoms with van der Waals surface area (Å²) < 4.78 is 5.08. The fourth-order valence-corrected chi connectivity index (χ4v) is 1.56. The van der Waals surface area contributed by atoms with Gasteiger partial charge < -0.3 is 15.2 Å². The lowest BCUT2D eigenvalue weighted by Crippen LogP contribution is -2.30. The number of carbonyl (C=O) groups excluding carboxylic acids is 1. The van der Waals surface area contributed by atoms with Crippen LogP contribution in [0.4, 0.5) is 5.69 Å². The van der Waals surface area contributed by atoms with Crippen molar-refractivity contribution in [2.45, 2.75) is 18.9 Å². The fraction of sp³-hybridized carbons (Fsp3) is 0.333. The molecule has 1 saturated carbocycles. The van der Waals surface area contributed by atoms with Crippen LogP contribution in [0.1, 0.15) is 23.2 Å². The predicted octanol–water partition coefficient (Wildman–Crippen LogP) is 0.950. The summed E-state index contributed by atoms with van der Waals surface area (Å²) in [4.78, 5) is 32.3. The van der Waals surface area contributed by atoms with Crippen molar-refractivity contribution in [2.24, 2.45) is 0 Å². The normalized spacial score (nSPS) is 13.6. The van der Waals surface area contributed by atoms with Crippen molar-refractivity contribution in [1.82, 2.24) is 5.32 Å². The molecule has 106 valence electrons. The number of amides is 1. The molecule has 0 radical (unpaired) electrons. The van der Waals surface area contributed by atoms with Crippen LogP contribution >= 0.6 is 0 Å². The Hall–Kier alpha value is -2.64. The van der Waals surface area contributed by atoms with E-state index in [0.29, 0.717) is 0 Å². The number of carboxylic acids is 1. The van der Waals surface area contributed by atoms with Gasteiger partial charge in [0.1, 0.15) is 0 Å². The van der Waals surface area contributed by atoms with Gasteiger partial charge in [0.15, 0.2) is 12.4 Å². The fourth-order valence-electron chi connectivity index (χ4n) is 1.56. The second-order valence-electron chi connectivity index (χ2n) is 4.38. The van der Waals surface area contributed by atoms with E-state index in [1.807, 2.05) is 0 Å². The molecule has 1 aromatic rings. The monoisotopic (exact) mass is 280 g/mol. The minimum absolute atomic E-state index is 0.133. The molecule has 1 amide bonds. The number of nitro benzene ring substituents is 1. The third-order valence-corrected chi connectivity index (χ3v) is 2.70. The number of nitro groups is 1. The zero-order valence-electron chi connectivity index (χ0n) is 10.4. The largest absolute Gasteiger partial charge is 0.478 e. The number of hydrogen-bond acceptors (Lipinski definition) is 5. The molecule has 0 unspecified atom stereocenters. The van der Waals surface area contributed by atoms with Gasteiger partial charge in [-0.15, -0.1) is 0 Å². The summed E-state index contributed by atoms with van der Waals surface area (Å²) in [5.74, 6) is -1.76. The van der Waals surface area contributed by atoms with Crippen LogP contribution in [0.15, 0.2) is 18.2 Å². The van der Waals surface area contributed by atoms with Crippen molar-refractivity contribution in [3.05, 3.63) is 33.9 Å². The number of benzene rings is 1. The van der Waals surface area contributed by atoms with E-state index in [1.54, 1.807) is 0 Å². The molecule has 8 nitrogen and oxygen atoms in total. The number of hydrogen-bond donors (Lipinski definition) is 2. The number of ether oxygens (including phenoxy) is 1. The highest BCUT2D eigenvalue weighted by Gasteiger charge is 2.24. The van der Waals surface area contributed by atoms with E-state index in [1.165, 1.54) is 12.1 Å². The molecule has 0 atom stereocenters. The number of rotatable bonds is 6. The molecule has 0 aliphatic heterocycles. The molecule has 0 aromatic heterocycles. The highest BCUT2D eigenvalue weighted by molar-refractivity contribution is 5.89. The molecule has 1 fully saturated rings. The van der Waals surface area contributed by atoms with E-state index < -0.39 is 16.6 Å². The van der Waals surface area contributed by atoms with E-state index in [-0.39, 0.29) is 29.9 Å². The van der Waals surface area contributed by atoms with Crippen molar-refractivity contribution in [2.75, 3.05) is 6.61 Å². The first-order chi connectivity index (χ1) is 9.47. The molecular formula is C12H12N2O6. The zero-order valence-corrected chi connectivity index (χ0v) is 10.4. The Bertz CT molecular complexity index is 567. The topological polar surface area (TPSA) is 119 Å². The van der Waals surface area contributed by atoms with E-state index in [0.717, 1.165) is 18.9 Å². The van der Waals surface area contributed by atoms with E-state index >= 15 is 0 Å². The Kier molecular flexibility index (Phi) is 3.83. The van der Waals surface area contributed by atoms with Crippen LogP contribution in [0.3, 0.4) is 0 Å².